The van der Waals surface area contributed by atoms with Crippen molar-refractivity contribution in [3.8, 4) is 5.75 Å². The maximum absolute atomic E-state index is 12.2. The summed E-state index contributed by atoms with van der Waals surface area (Å²) in [5.41, 5.74) is 3.01. The van der Waals surface area contributed by atoms with E-state index in [4.69, 9.17) is 27.9 Å². The summed E-state index contributed by atoms with van der Waals surface area (Å²) in [7, 11) is -3.79. The van der Waals surface area contributed by atoms with Gasteiger partial charge in [-0.1, -0.05) is 41.4 Å². The number of halogens is 2. The highest BCUT2D eigenvalue weighted by Gasteiger charge is 2.15. The number of esters is 1. The summed E-state index contributed by atoms with van der Waals surface area (Å²) in [4.78, 5) is 24.1. The summed E-state index contributed by atoms with van der Waals surface area (Å²) >= 11 is 11.8. The first-order valence-corrected chi connectivity index (χ1v) is 11.6. The van der Waals surface area contributed by atoms with E-state index in [1.54, 1.807) is 42.5 Å². The van der Waals surface area contributed by atoms with Crippen LogP contribution < -0.4 is 14.9 Å². The number of hydrogen-bond donors (Lipinski definition) is 2. The van der Waals surface area contributed by atoms with Crippen LogP contribution >= 0.6 is 23.2 Å². The number of benzene rings is 3. The molecule has 0 aliphatic heterocycles. The van der Waals surface area contributed by atoms with Gasteiger partial charge in [-0.25, -0.2) is 23.4 Å². The molecular weight excluding hydrogens is 489 g/mol. The Bertz CT molecular complexity index is 1280. The molecule has 0 atom stereocenters. The zero-order valence-electron chi connectivity index (χ0n) is 16.9. The average molecular weight is 506 g/mol. The third-order valence-electron chi connectivity index (χ3n) is 4.12. The van der Waals surface area contributed by atoms with E-state index in [0.717, 1.165) is 0 Å². The van der Waals surface area contributed by atoms with Crippen molar-refractivity contribution >= 4 is 51.3 Å². The number of sulfonamides is 1. The molecule has 0 unspecified atom stereocenters. The molecule has 2 N–H and O–H groups in total. The van der Waals surface area contributed by atoms with E-state index in [1.165, 1.54) is 36.5 Å². The van der Waals surface area contributed by atoms with E-state index in [2.05, 4.69) is 15.2 Å². The molecule has 0 saturated carbocycles. The highest BCUT2D eigenvalue weighted by atomic mass is 35.5. The molecule has 3 aromatic rings. The molecule has 33 heavy (non-hydrogen) atoms. The average Bonchev–Trinajstić information content (AvgIpc) is 2.79. The van der Waals surface area contributed by atoms with Crippen molar-refractivity contribution in [1.82, 2.24) is 10.1 Å². The van der Waals surface area contributed by atoms with Gasteiger partial charge in [-0.05, 0) is 60.2 Å². The van der Waals surface area contributed by atoms with Crippen LogP contribution in [-0.4, -0.2) is 33.1 Å². The minimum absolute atomic E-state index is 0.0559. The van der Waals surface area contributed by atoms with Gasteiger partial charge in [0.05, 0.1) is 28.2 Å². The van der Waals surface area contributed by atoms with Gasteiger partial charge in [0.15, 0.2) is 0 Å². The van der Waals surface area contributed by atoms with Gasteiger partial charge in [0, 0.05) is 5.02 Å². The Hall–Kier alpha value is -3.24. The Labute approximate surface area is 200 Å². The zero-order chi connectivity index (χ0) is 23.8. The van der Waals surface area contributed by atoms with Crippen LogP contribution in [0.4, 0.5) is 0 Å². The number of hydrazone groups is 1. The monoisotopic (exact) mass is 505 g/mol. The van der Waals surface area contributed by atoms with Crippen molar-refractivity contribution in [3.05, 3.63) is 94.0 Å². The van der Waals surface area contributed by atoms with E-state index in [1.807, 2.05) is 0 Å². The number of rotatable bonds is 8. The van der Waals surface area contributed by atoms with E-state index in [-0.39, 0.29) is 21.2 Å². The molecule has 0 spiro atoms. The van der Waals surface area contributed by atoms with Crippen LogP contribution in [0.5, 0.6) is 5.75 Å². The number of nitrogens with one attached hydrogen (secondary N) is 2. The molecule has 1 amide bonds. The van der Waals surface area contributed by atoms with Crippen LogP contribution in [0.3, 0.4) is 0 Å². The van der Waals surface area contributed by atoms with Crippen molar-refractivity contribution < 1.29 is 22.7 Å². The van der Waals surface area contributed by atoms with E-state index < -0.39 is 28.4 Å². The standard InChI is InChI=1S/C22H17Cl2N3O5S/c23-16-8-11-19(20(24)12-16)22(29)32-17-9-6-15(7-10-17)13-25-27-21(28)14-26-33(30,31)18-4-2-1-3-5-18/h1-13,26H,14H2,(H,27,28). The summed E-state index contributed by atoms with van der Waals surface area (Å²) in [5, 5.41) is 4.36. The lowest BCUT2D eigenvalue weighted by Gasteiger charge is -2.06. The first kappa shape index (κ1) is 24.4. The number of nitrogens with zero attached hydrogens (tertiary/aromatic N) is 1. The predicted octanol–water partition coefficient (Wildman–Crippen LogP) is 3.64. The molecule has 0 radical (unpaired) electrons. The summed E-state index contributed by atoms with van der Waals surface area (Å²) in [5.74, 6) is -0.998. The van der Waals surface area contributed by atoms with Gasteiger partial charge in [0.25, 0.3) is 5.91 Å². The summed E-state index contributed by atoms with van der Waals surface area (Å²) in [6.07, 6.45) is 1.35. The first-order chi connectivity index (χ1) is 15.7. The summed E-state index contributed by atoms with van der Waals surface area (Å²) < 4.78 is 31.6. The largest absolute Gasteiger partial charge is 0.423 e. The SMILES string of the molecule is O=C(CNS(=O)(=O)c1ccccc1)NN=Cc1ccc(OC(=O)c2ccc(Cl)cc2Cl)cc1. The molecule has 0 aliphatic rings. The molecule has 0 aliphatic carbocycles. The molecule has 0 saturated heterocycles. The van der Waals surface area contributed by atoms with E-state index in [9.17, 15) is 18.0 Å². The lowest BCUT2D eigenvalue weighted by Crippen LogP contribution is -2.34. The maximum atomic E-state index is 12.2. The second-order valence-corrected chi connectivity index (χ2v) is 9.12. The Morgan fingerprint density at radius 1 is 0.970 bits per heavy atom. The normalized spacial score (nSPS) is 11.3. The molecule has 0 aromatic heterocycles. The molecule has 3 aromatic carbocycles. The van der Waals surface area contributed by atoms with Crippen molar-refractivity contribution in [3.63, 3.8) is 0 Å². The van der Waals surface area contributed by atoms with Crippen LogP contribution in [0, 0.1) is 0 Å². The van der Waals surface area contributed by atoms with Gasteiger partial charge >= 0.3 is 5.97 Å². The minimum Gasteiger partial charge on any atom is -0.423 e. The smallest absolute Gasteiger partial charge is 0.345 e. The number of ether oxygens (including phenoxy) is 1. The molecule has 0 bridgehead atoms. The Kier molecular flexibility index (Phi) is 8.18. The molecule has 0 fully saturated rings. The van der Waals surface area contributed by atoms with Gasteiger partial charge in [0.2, 0.25) is 10.0 Å². The van der Waals surface area contributed by atoms with Gasteiger partial charge in [0.1, 0.15) is 5.75 Å². The fourth-order valence-corrected chi connectivity index (χ4v) is 3.99. The lowest BCUT2D eigenvalue weighted by molar-refractivity contribution is -0.119. The Morgan fingerprint density at radius 2 is 1.67 bits per heavy atom. The van der Waals surface area contributed by atoms with Gasteiger partial charge in [-0.3, -0.25) is 4.79 Å². The fourth-order valence-electron chi connectivity index (χ4n) is 2.50. The molecule has 11 heteroatoms. The van der Waals surface area contributed by atoms with Crippen molar-refractivity contribution in [2.75, 3.05) is 6.54 Å². The second kappa shape index (κ2) is 11.1. The number of hydrogen-bond acceptors (Lipinski definition) is 6. The van der Waals surface area contributed by atoms with Crippen molar-refractivity contribution in [1.29, 1.82) is 0 Å². The Balaban J connectivity index is 1.49. The van der Waals surface area contributed by atoms with Crippen LogP contribution in [0.25, 0.3) is 0 Å². The molecular formula is C22H17Cl2N3O5S. The summed E-state index contributed by atoms with van der Waals surface area (Å²) in [6.45, 7) is -0.475. The van der Waals surface area contributed by atoms with E-state index in [0.29, 0.717) is 10.6 Å². The quantitative estimate of drug-likeness (QED) is 0.210. The maximum Gasteiger partial charge on any atom is 0.345 e. The molecule has 3 rings (SSSR count). The predicted molar refractivity (Wildman–Crippen MR) is 125 cm³/mol. The van der Waals surface area contributed by atoms with Gasteiger partial charge < -0.3 is 4.74 Å². The van der Waals surface area contributed by atoms with Gasteiger partial charge in [-0.15, -0.1) is 0 Å². The number of carbonyl (C=O) groups is 2. The van der Waals surface area contributed by atoms with Crippen LogP contribution in [0.2, 0.25) is 10.0 Å². The van der Waals surface area contributed by atoms with Crippen molar-refractivity contribution in [2.24, 2.45) is 5.10 Å². The molecule has 8 nitrogen and oxygen atoms in total. The third kappa shape index (κ3) is 7.13. The fraction of sp³-hybridized carbons (Fsp3) is 0.0455. The number of carbonyl (C=O) groups excluding carboxylic acids is 2. The molecule has 170 valence electrons. The van der Waals surface area contributed by atoms with Gasteiger partial charge in [-0.2, -0.15) is 5.10 Å². The lowest BCUT2D eigenvalue weighted by atomic mass is 10.2. The number of amides is 1. The second-order valence-electron chi connectivity index (χ2n) is 6.51. The highest BCUT2D eigenvalue weighted by Crippen LogP contribution is 2.23. The minimum atomic E-state index is -3.79. The highest BCUT2D eigenvalue weighted by molar-refractivity contribution is 7.89. The zero-order valence-corrected chi connectivity index (χ0v) is 19.2. The topological polar surface area (TPSA) is 114 Å². The van der Waals surface area contributed by atoms with Crippen LogP contribution in [-0.2, 0) is 14.8 Å². The van der Waals surface area contributed by atoms with E-state index >= 15 is 0 Å². The Morgan fingerprint density at radius 3 is 2.33 bits per heavy atom. The third-order valence-corrected chi connectivity index (χ3v) is 6.09. The molecule has 0 heterocycles. The van der Waals surface area contributed by atoms with Crippen LogP contribution in [0.1, 0.15) is 15.9 Å². The first-order valence-electron chi connectivity index (χ1n) is 9.38. The van der Waals surface area contributed by atoms with Crippen LogP contribution in [0.15, 0.2) is 82.8 Å². The van der Waals surface area contributed by atoms with Crippen molar-refractivity contribution in [2.45, 2.75) is 4.90 Å². The summed E-state index contributed by atoms with van der Waals surface area (Å²) in [6, 6.07) is 18.4.